The Morgan fingerprint density at radius 1 is 0.926 bits per heavy atom. The van der Waals surface area contributed by atoms with Crippen molar-refractivity contribution in [3.8, 4) is 0 Å². The van der Waals surface area contributed by atoms with E-state index in [1.165, 1.54) is 0 Å². The van der Waals surface area contributed by atoms with E-state index in [9.17, 15) is 9.90 Å². The Balaban J connectivity index is 1.62. The fourth-order valence-electron chi connectivity index (χ4n) is 4.53. The van der Waals surface area contributed by atoms with E-state index in [4.69, 9.17) is 0 Å². The smallest absolute Gasteiger partial charge is 0.341 e. The van der Waals surface area contributed by atoms with Gasteiger partial charge in [-0.15, -0.1) is 0 Å². The van der Waals surface area contributed by atoms with E-state index in [2.05, 4.69) is 17.4 Å². The number of aliphatic hydroxyl groups excluding tert-OH is 1. The molecule has 1 unspecified atom stereocenters. The number of piperidine rings is 1. The van der Waals surface area contributed by atoms with Crippen LogP contribution < -0.4 is 5.32 Å². The van der Waals surface area contributed by atoms with Crippen LogP contribution in [-0.2, 0) is 13.0 Å². The van der Waals surface area contributed by atoms with Crippen LogP contribution in [0.3, 0.4) is 0 Å². The van der Waals surface area contributed by atoms with E-state index < -0.39 is 6.23 Å². The molecule has 0 aromatic heterocycles. The molecule has 27 heavy (non-hydrogen) atoms. The zero-order chi connectivity index (χ0) is 18.7. The summed E-state index contributed by atoms with van der Waals surface area (Å²) in [6, 6.07) is 19.8. The highest BCUT2D eigenvalue weighted by Crippen LogP contribution is 2.32. The zero-order valence-electron chi connectivity index (χ0n) is 15.6. The van der Waals surface area contributed by atoms with Gasteiger partial charge in [0.1, 0.15) is 19.1 Å². The number of quaternary nitrogens is 1. The van der Waals surface area contributed by atoms with Gasteiger partial charge < -0.3 is 10.4 Å². The molecule has 142 valence electrons. The molecule has 2 N–H and O–H groups in total. The molecular weight excluding hydrogens is 338 g/mol. The summed E-state index contributed by atoms with van der Waals surface area (Å²) in [7, 11) is 0. The van der Waals surface area contributed by atoms with Crippen molar-refractivity contribution < 1.29 is 14.5 Å². The molecule has 2 aromatic carbocycles. The van der Waals surface area contributed by atoms with Crippen molar-refractivity contribution in [2.24, 2.45) is 0 Å². The van der Waals surface area contributed by atoms with Crippen molar-refractivity contribution in [2.75, 3.05) is 13.1 Å². The highest BCUT2D eigenvalue weighted by Gasteiger charge is 2.53. The molecule has 2 saturated heterocycles. The van der Waals surface area contributed by atoms with Gasteiger partial charge in [-0.3, -0.25) is 0 Å². The maximum absolute atomic E-state index is 13.1. The molecule has 0 aliphatic carbocycles. The van der Waals surface area contributed by atoms with Crippen LogP contribution in [0.5, 0.6) is 0 Å². The van der Waals surface area contributed by atoms with Crippen LogP contribution in [0.25, 0.3) is 0 Å². The third kappa shape index (κ3) is 3.57. The molecule has 2 aromatic rings. The Labute approximate surface area is 160 Å². The summed E-state index contributed by atoms with van der Waals surface area (Å²) in [4.78, 5) is 13.1. The number of nitrogens with zero attached hydrogens (tertiary/aromatic N) is 2. The molecule has 2 atom stereocenters. The summed E-state index contributed by atoms with van der Waals surface area (Å²) in [5.41, 5.74) is 2.22. The van der Waals surface area contributed by atoms with Crippen LogP contribution in [0, 0.1) is 0 Å². The molecule has 4 rings (SSSR count). The molecule has 1 spiro atoms. The van der Waals surface area contributed by atoms with Crippen LogP contribution in [0.15, 0.2) is 60.7 Å². The Morgan fingerprint density at radius 2 is 1.52 bits per heavy atom. The minimum atomic E-state index is -0.632. The Hall–Kier alpha value is -2.37. The number of amides is 2. The van der Waals surface area contributed by atoms with E-state index in [-0.39, 0.29) is 12.1 Å². The standard InChI is InChI=1S/C22H27N3O2/c26-21-20(16-18-10-4-1-5-11-18)23-22(27)24(17-19-12-6-2-7-13-19)25(21)14-8-3-9-15-25/h1-2,4-7,10-13,20-21,26H,3,8-9,14-17H2/p+1/t20-,21?/m0/s1. The van der Waals surface area contributed by atoms with E-state index in [0.717, 1.165) is 43.5 Å². The van der Waals surface area contributed by atoms with Gasteiger partial charge in [0.2, 0.25) is 6.23 Å². The molecule has 2 heterocycles. The topological polar surface area (TPSA) is 52.6 Å². The molecule has 2 aliphatic heterocycles. The van der Waals surface area contributed by atoms with E-state index in [1.807, 2.05) is 53.5 Å². The molecule has 0 radical (unpaired) electrons. The number of nitrogens with one attached hydrogen (secondary N) is 1. The fraction of sp³-hybridized carbons (Fsp3) is 0.409. The first-order valence-electron chi connectivity index (χ1n) is 9.90. The second kappa shape index (κ2) is 7.71. The van der Waals surface area contributed by atoms with Crippen LogP contribution in [0.1, 0.15) is 30.4 Å². The largest absolute Gasteiger partial charge is 0.362 e. The third-order valence-electron chi connectivity index (χ3n) is 5.94. The second-order valence-corrected chi connectivity index (χ2v) is 7.70. The van der Waals surface area contributed by atoms with Crippen molar-refractivity contribution in [1.29, 1.82) is 0 Å². The van der Waals surface area contributed by atoms with Crippen molar-refractivity contribution in [3.05, 3.63) is 71.8 Å². The normalized spacial score (nSPS) is 24.6. The molecule has 5 heteroatoms. The second-order valence-electron chi connectivity index (χ2n) is 7.70. The third-order valence-corrected chi connectivity index (χ3v) is 5.94. The number of hydrogen-bond donors (Lipinski definition) is 2. The average Bonchev–Trinajstić information content (AvgIpc) is 2.72. The van der Waals surface area contributed by atoms with E-state index in [0.29, 0.717) is 17.6 Å². The number of benzene rings is 2. The minimum absolute atomic E-state index is 0.0769. The van der Waals surface area contributed by atoms with Gasteiger partial charge in [-0.25, -0.2) is 4.79 Å². The number of hydrogen-bond acceptors (Lipinski definition) is 2. The van der Waals surface area contributed by atoms with Crippen LogP contribution in [0.4, 0.5) is 4.79 Å². The highest BCUT2D eigenvalue weighted by atomic mass is 16.3. The van der Waals surface area contributed by atoms with Crippen molar-refractivity contribution in [1.82, 2.24) is 10.3 Å². The maximum atomic E-state index is 13.1. The molecule has 2 aliphatic rings. The lowest BCUT2D eigenvalue weighted by Gasteiger charge is -2.54. The lowest BCUT2D eigenvalue weighted by atomic mass is 9.99. The van der Waals surface area contributed by atoms with Gasteiger partial charge in [0.25, 0.3) is 0 Å². The summed E-state index contributed by atoms with van der Waals surface area (Å²) in [5, 5.41) is 16.3. The average molecular weight is 366 g/mol. The first kappa shape index (κ1) is 18.0. The van der Waals surface area contributed by atoms with Gasteiger partial charge in [-0.1, -0.05) is 60.7 Å². The predicted molar refractivity (Wildman–Crippen MR) is 104 cm³/mol. The lowest BCUT2D eigenvalue weighted by Crippen LogP contribution is -2.78. The Kier molecular flexibility index (Phi) is 5.14. The van der Waals surface area contributed by atoms with Gasteiger partial charge in [-0.05, 0) is 30.4 Å². The summed E-state index contributed by atoms with van der Waals surface area (Å²) in [6.45, 7) is 2.14. The fourth-order valence-corrected chi connectivity index (χ4v) is 4.53. The highest BCUT2D eigenvalue weighted by molar-refractivity contribution is 5.74. The minimum Gasteiger partial charge on any atom is -0.341 e. The molecule has 0 bridgehead atoms. The Morgan fingerprint density at radius 3 is 2.15 bits per heavy atom. The van der Waals surface area contributed by atoms with E-state index in [1.54, 1.807) is 0 Å². The summed E-state index contributed by atoms with van der Waals surface area (Å²) in [6.07, 6.45) is 3.25. The molecule has 2 fully saturated rings. The number of carbonyl (C=O) groups is 1. The number of aliphatic hydroxyl groups is 1. The molecule has 5 nitrogen and oxygen atoms in total. The Bertz CT molecular complexity index is 760. The van der Waals surface area contributed by atoms with Crippen LogP contribution in [-0.4, -0.2) is 46.1 Å². The van der Waals surface area contributed by atoms with Gasteiger partial charge in [0.05, 0.1) is 6.54 Å². The van der Waals surface area contributed by atoms with E-state index >= 15 is 0 Å². The van der Waals surface area contributed by atoms with Gasteiger partial charge in [0, 0.05) is 6.42 Å². The number of urea groups is 1. The summed E-state index contributed by atoms with van der Waals surface area (Å²) < 4.78 is 0.359. The number of carbonyl (C=O) groups excluding carboxylic acids is 1. The quantitative estimate of drug-likeness (QED) is 0.817. The number of rotatable bonds is 4. The first-order chi connectivity index (χ1) is 13.2. The van der Waals surface area contributed by atoms with Gasteiger partial charge >= 0.3 is 6.03 Å². The lowest BCUT2D eigenvalue weighted by molar-refractivity contribution is -1.07. The summed E-state index contributed by atoms with van der Waals surface area (Å²) >= 11 is 0. The van der Waals surface area contributed by atoms with Crippen molar-refractivity contribution >= 4 is 6.03 Å². The van der Waals surface area contributed by atoms with Crippen LogP contribution in [0.2, 0.25) is 0 Å². The van der Waals surface area contributed by atoms with Gasteiger partial charge in [0.15, 0.2) is 0 Å². The van der Waals surface area contributed by atoms with Crippen LogP contribution >= 0.6 is 0 Å². The van der Waals surface area contributed by atoms with Crippen molar-refractivity contribution in [3.63, 3.8) is 0 Å². The summed E-state index contributed by atoms with van der Waals surface area (Å²) in [5.74, 6) is 0. The molecule has 0 saturated carbocycles. The monoisotopic (exact) mass is 366 g/mol. The zero-order valence-corrected chi connectivity index (χ0v) is 15.6. The van der Waals surface area contributed by atoms with Gasteiger partial charge in [-0.2, -0.15) is 9.60 Å². The first-order valence-corrected chi connectivity index (χ1v) is 9.90. The molecule has 2 amide bonds. The SMILES string of the molecule is O=C1N[C@@H](Cc2ccccc2)C(O)[N+]2(CCCCC2)N1Cc1ccccc1. The molecular formula is C22H28N3O2+. The maximum Gasteiger partial charge on any atom is 0.362 e. The van der Waals surface area contributed by atoms with Crippen molar-refractivity contribution in [2.45, 2.75) is 44.5 Å². The predicted octanol–water partition coefficient (Wildman–Crippen LogP) is 3.06.